The van der Waals surface area contributed by atoms with Gasteiger partial charge in [-0.25, -0.2) is 4.98 Å². The van der Waals surface area contributed by atoms with Crippen molar-refractivity contribution in [2.75, 3.05) is 43.9 Å². The lowest BCUT2D eigenvalue weighted by atomic mass is 9.85. The lowest BCUT2D eigenvalue weighted by Crippen LogP contribution is -2.40. The number of allylic oxidation sites excluding steroid dienone is 3. The zero-order valence-corrected chi connectivity index (χ0v) is 24.4. The molecule has 0 bridgehead atoms. The number of rotatable bonds is 11. The molecule has 2 amide bonds. The van der Waals surface area contributed by atoms with Crippen LogP contribution in [-0.2, 0) is 16.1 Å². The highest BCUT2D eigenvalue weighted by atomic mass is 35.5. The van der Waals surface area contributed by atoms with E-state index in [0.717, 1.165) is 36.1 Å². The predicted octanol–water partition coefficient (Wildman–Crippen LogP) is 5.93. The zero-order valence-electron chi connectivity index (χ0n) is 22.9. The lowest BCUT2D eigenvalue weighted by molar-refractivity contribution is -0.118. The van der Waals surface area contributed by atoms with Crippen LogP contribution in [0.25, 0.3) is 5.57 Å². The molecule has 1 unspecified atom stereocenters. The highest BCUT2D eigenvalue weighted by Crippen LogP contribution is 2.37. The van der Waals surface area contributed by atoms with E-state index in [9.17, 15) is 9.59 Å². The molecule has 1 aromatic heterocycles. The molecular formula is C30H37Cl2N5O2. The van der Waals surface area contributed by atoms with Crippen LogP contribution in [0.3, 0.4) is 0 Å². The Morgan fingerprint density at radius 1 is 1.15 bits per heavy atom. The maximum absolute atomic E-state index is 12.9. The third-order valence-corrected chi connectivity index (χ3v) is 7.92. The van der Waals surface area contributed by atoms with Crippen molar-refractivity contribution in [1.82, 2.24) is 15.2 Å². The Morgan fingerprint density at radius 3 is 2.62 bits per heavy atom. The van der Waals surface area contributed by atoms with Crippen molar-refractivity contribution in [3.05, 3.63) is 69.4 Å². The van der Waals surface area contributed by atoms with Gasteiger partial charge in [0.1, 0.15) is 0 Å². The fourth-order valence-corrected chi connectivity index (χ4v) is 5.48. The van der Waals surface area contributed by atoms with E-state index in [4.69, 9.17) is 23.2 Å². The summed E-state index contributed by atoms with van der Waals surface area (Å²) >= 11 is 12.8. The van der Waals surface area contributed by atoms with Crippen LogP contribution in [0.5, 0.6) is 0 Å². The summed E-state index contributed by atoms with van der Waals surface area (Å²) in [4.78, 5) is 34.2. The van der Waals surface area contributed by atoms with E-state index in [0.29, 0.717) is 40.1 Å². The van der Waals surface area contributed by atoms with Crippen molar-refractivity contribution in [1.29, 1.82) is 0 Å². The van der Waals surface area contributed by atoms with E-state index in [-0.39, 0.29) is 30.8 Å². The molecule has 1 aliphatic carbocycles. The summed E-state index contributed by atoms with van der Waals surface area (Å²) in [5.41, 5.74) is 4.17. The van der Waals surface area contributed by atoms with E-state index < -0.39 is 0 Å². The first-order valence-corrected chi connectivity index (χ1v) is 14.3. The van der Waals surface area contributed by atoms with Crippen molar-refractivity contribution in [2.45, 2.75) is 45.6 Å². The van der Waals surface area contributed by atoms with Crippen molar-refractivity contribution < 1.29 is 9.59 Å². The van der Waals surface area contributed by atoms with Gasteiger partial charge in [0, 0.05) is 33.9 Å². The number of hydrogen-bond acceptors (Lipinski definition) is 5. The number of anilines is 2. The SMILES string of the molecule is CC1CC(c2cnc3c(c2)N(Cc2c(Cl)cccc2Cl)C(=O)CN3)=CC=C1C(=O)NCCCCCCN(C)C. The molecule has 7 nitrogen and oxygen atoms in total. The van der Waals surface area contributed by atoms with Gasteiger partial charge in [-0.3, -0.25) is 9.59 Å². The molecule has 0 fully saturated rings. The molecule has 4 rings (SSSR count). The Hall–Kier alpha value is -2.87. The van der Waals surface area contributed by atoms with Gasteiger partial charge in [-0.2, -0.15) is 0 Å². The predicted molar refractivity (Wildman–Crippen MR) is 160 cm³/mol. The van der Waals surface area contributed by atoms with Gasteiger partial charge in [0.25, 0.3) is 0 Å². The van der Waals surface area contributed by atoms with Gasteiger partial charge in [0.15, 0.2) is 5.82 Å². The number of aromatic nitrogens is 1. The van der Waals surface area contributed by atoms with Crippen LogP contribution in [0, 0.1) is 5.92 Å². The number of carbonyl (C=O) groups is 2. The number of nitrogens with one attached hydrogen (secondary N) is 2. The van der Waals surface area contributed by atoms with Gasteiger partial charge >= 0.3 is 0 Å². The second-order valence-electron chi connectivity index (χ2n) is 10.5. The topological polar surface area (TPSA) is 77.6 Å². The highest BCUT2D eigenvalue weighted by Gasteiger charge is 2.28. The lowest BCUT2D eigenvalue weighted by Gasteiger charge is -2.31. The summed E-state index contributed by atoms with van der Waals surface area (Å²) in [5, 5.41) is 7.23. The van der Waals surface area contributed by atoms with Crippen LogP contribution in [-0.4, -0.2) is 55.4 Å². The molecule has 1 aromatic carbocycles. The fraction of sp³-hybridized carbons (Fsp3) is 0.433. The summed E-state index contributed by atoms with van der Waals surface area (Å²) in [5.74, 6) is 0.634. The minimum Gasteiger partial charge on any atom is -0.359 e. The number of nitrogens with zero attached hydrogens (tertiary/aromatic N) is 3. The number of hydrogen-bond donors (Lipinski definition) is 2. The molecule has 1 aliphatic heterocycles. The average molecular weight is 571 g/mol. The van der Waals surface area contributed by atoms with Gasteiger partial charge in [-0.05, 0) is 75.2 Å². The smallest absolute Gasteiger partial charge is 0.247 e. The molecule has 2 aromatic rings. The molecule has 0 spiro atoms. The third kappa shape index (κ3) is 7.41. The van der Waals surface area contributed by atoms with E-state index >= 15 is 0 Å². The van der Waals surface area contributed by atoms with Gasteiger partial charge in [0.2, 0.25) is 11.8 Å². The molecule has 2 aliphatic rings. The number of fused-ring (bicyclic) bond motifs is 1. The Bertz CT molecular complexity index is 1250. The molecule has 0 saturated heterocycles. The largest absolute Gasteiger partial charge is 0.359 e. The highest BCUT2D eigenvalue weighted by molar-refractivity contribution is 6.36. The number of unbranched alkanes of at least 4 members (excludes halogenated alkanes) is 3. The monoisotopic (exact) mass is 569 g/mol. The summed E-state index contributed by atoms with van der Waals surface area (Å²) < 4.78 is 0. The third-order valence-electron chi connectivity index (χ3n) is 7.22. The average Bonchev–Trinajstić information content (AvgIpc) is 2.90. The molecule has 0 saturated carbocycles. The minimum absolute atomic E-state index is 0.00671. The Balaban J connectivity index is 1.44. The molecule has 0 radical (unpaired) electrons. The second kappa shape index (κ2) is 13.5. The molecule has 2 heterocycles. The molecule has 2 N–H and O–H groups in total. The molecular weight excluding hydrogens is 533 g/mol. The first-order chi connectivity index (χ1) is 18.7. The van der Waals surface area contributed by atoms with Crippen LogP contribution in [0.15, 0.2) is 48.2 Å². The van der Waals surface area contributed by atoms with E-state index in [2.05, 4.69) is 41.5 Å². The standard InChI is InChI=1S/C30H37Cl2N5O2/c1-20-15-21(11-12-23(20)30(39)33-13-6-4-5-7-14-36(2)3)22-16-27-29(34-17-22)35-18-28(38)37(27)19-24-25(31)9-8-10-26(24)32/h8-12,16-17,20H,4-7,13-15,18-19H2,1-3H3,(H,33,39)(H,34,35). The first kappa shape index (κ1) is 29.1. The van der Waals surface area contributed by atoms with Crippen molar-refractivity contribution in [2.24, 2.45) is 5.92 Å². The van der Waals surface area contributed by atoms with Crippen molar-refractivity contribution >= 4 is 52.1 Å². The summed E-state index contributed by atoms with van der Waals surface area (Å²) in [6.07, 6.45) is 10.9. The normalized spacial score (nSPS) is 16.9. The van der Waals surface area contributed by atoms with E-state index in [1.165, 1.54) is 12.8 Å². The fourth-order valence-electron chi connectivity index (χ4n) is 4.96. The van der Waals surface area contributed by atoms with Crippen LogP contribution >= 0.6 is 23.2 Å². The molecule has 208 valence electrons. The number of amides is 2. The zero-order chi connectivity index (χ0) is 27.9. The summed E-state index contributed by atoms with van der Waals surface area (Å²) in [7, 11) is 4.18. The van der Waals surface area contributed by atoms with Gasteiger partial charge in [-0.1, -0.05) is 61.2 Å². The van der Waals surface area contributed by atoms with E-state index in [1.54, 1.807) is 23.1 Å². The quantitative estimate of drug-likeness (QED) is 0.328. The molecule has 39 heavy (non-hydrogen) atoms. The van der Waals surface area contributed by atoms with Crippen molar-refractivity contribution in [3.63, 3.8) is 0 Å². The first-order valence-electron chi connectivity index (χ1n) is 13.6. The summed E-state index contributed by atoms with van der Waals surface area (Å²) in [6, 6.07) is 7.30. The second-order valence-corrected chi connectivity index (χ2v) is 11.3. The van der Waals surface area contributed by atoms with Crippen LogP contribution in [0.1, 0.15) is 50.2 Å². The maximum atomic E-state index is 12.9. The van der Waals surface area contributed by atoms with Gasteiger partial charge in [-0.15, -0.1) is 0 Å². The van der Waals surface area contributed by atoms with Gasteiger partial charge in [0.05, 0.1) is 18.8 Å². The number of benzene rings is 1. The molecule has 1 atom stereocenters. The number of carbonyl (C=O) groups excluding carboxylic acids is 2. The van der Waals surface area contributed by atoms with Crippen LogP contribution < -0.4 is 15.5 Å². The Labute approximate surface area is 241 Å². The number of halogens is 2. The van der Waals surface area contributed by atoms with Gasteiger partial charge < -0.3 is 20.4 Å². The maximum Gasteiger partial charge on any atom is 0.247 e. The van der Waals surface area contributed by atoms with Crippen LogP contribution in [0.2, 0.25) is 10.0 Å². The Morgan fingerprint density at radius 2 is 1.90 bits per heavy atom. The van der Waals surface area contributed by atoms with Crippen LogP contribution in [0.4, 0.5) is 11.5 Å². The Kier molecular flexibility index (Phi) is 10.1. The summed E-state index contributed by atoms with van der Waals surface area (Å²) in [6.45, 7) is 4.28. The number of pyridine rings is 1. The minimum atomic E-state index is -0.0834. The van der Waals surface area contributed by atoms with Crippen molar-refractivity contribution in [3.8, 4) is 0 Å². The van der Waals surface area contributed by atoms with E-state index in [1.807, 2.05) is 24.4 Å². The molecule has 9 heteroatoms.